The lowest BCUT2D eigenvalue weighted by Crippen LogP contribution is -2.22. The number of carbonyl (C=O) groups is 1. The third-order valence-electron chi connectivity index (χ3n) is 2.87. The van der Waals surface area contributed by atoms with Gasteiger partial charge in [0.25, 0.3) is 0 Å². The number of rotatable bonds is 7. The molecule has 0 heterocycles. The molecule has 0 unspecified atom stereocenters. The van der Waals surface area contributed by atoms with Crippen LogP contribution < -0.4 is 0 Å². The first kappa shape index (κ1) is 14.5. The lowest BCUT2D eigenvalue weighted by atomic mass is 10.1. The van der Waals surface area contributed by atoms with Crippen LogP contribution in [0.4, 0.5) is 0 Å². The Kier molecular flexibility index (Phi) is 6.15. The van der Waals surface area contributed by atoms with Gasteiger partial charge in [0, 0.05) is 12.6 Å². The second kappa shape index (κ2) is 7.67. The van der Waals surface area contributed by atoms with E-state index in [1.54, 1.807) is 0 Å². The molecule has 0 atom stereocenters. The minimum absolute atomic E-state index is 0.302. The fourth-order valence-corrected chi connectivity index (χ4v) is 1.66. The molecule has 0 saturated carbocycles. The van der Waals surface area contributed by atoms with Crippen LogP contribution in [-0.4, -0.2) is 24.0 Å². The molecule has 0 saturated heterocycles. The Morgan fingerprint density at radius 1 is 1.22 bits per heavy atom. The van der Waals surface area contributed by atoms with Crippen LogP contribution in [0, 0.1) is 0 Å². The van der Waals surface area contributed by atoms with Crippen molar-refractivity contribution in [3.63, 3.8) is 0 Å². The number of benzene rings is 1. The maximum absolute atomic E-state index is 10.9. The molecular formula is C15H21NO2. The van der Waals surface area contributed by atoms with Gasteiger partial charge in [-0.1, -0.05) is 44.7 Å². The molecule has 1 rings (SSSR count). The Hall–Kier alpha value is -1.61. The summed E-state index contributed by atoms with van der Waals surface area (Å²) in [4.78, 5) is 13.3. The summed E-state index contributed by atoms with van der Waals surface area (Å²) >= 11 is 0. The van der Waals surface area contributed by atoms with Gasteiger partial charge in [-0.2, -0.15) is 0 Å². The number of nitrogens with zero attached hydrogens (tertiary/aromatic N) is 1. The summed E-state index contributed by atoms with van der Waals surface area (Å²) in [5, 5.41) is 0. The first-order valence-corrected chi connectivity index (χ1v) is 6.29. The second-order valence-electron chi connectivity index (χ2n) is 4.09. The standard InChI is InChI=1S/C15H21NO2/c1-4-15(17)18-12-14-9-7-13(8-10-14)11-16(5-2)6-3/h4,7-10H,1,5-6,11-12H2,2-3H3. The molecule has 1 aromatic rings. The van der Waals surface area contributed by atoms with E-state index in [0.29, 0.717) is 6.61 Å². The number of esters is 1. The molecule has 0 aliphatic carbocycles. The first-order chi connectivity index (χ1) is 8.69. The maximum atomic E-state index is 10.9. The topological polar surface area (TPSA) is 29.5 Å². The van der Waals surface area contributed by atoms with E-state index in [-0.39, 0.29) is 5.97 Å². The van der Waals surface area contributed by atoms with E-state index in [9.17, 15) is 4.79 Å². The highest BCUT2D eigenvalue weighted by Crippen LogP contribution is 2.08. The van der Waals surface area contributed by atoms with E-state index in [1.807, 2.05) is 12.1 Å². The molecule has 0 bridgehead atoms. The molecule has 0 aromatic heterocycles. The van der Waals surface area contributed by atoms with Crippen molar-refractivity contribution in [2.24, 2.45) is 0 Å². The van der Waals surface area contributed by atoms with Crippen molar-refractivity contribution in [3.8, 4) is 0 Å². The van der Waals surface area contributed by atoms with Gasteiger partial charge in [0.1, 0.15) is 6.61 Å². The van der Waals surface area contributed by atoms with Crippen molar-refractivity contribution in [1.29, 1.82) is 0 Å². The fraction of sp³-hybridized carbons (Fsp3) is 0.400. The Morgan fingerprint density at radius 3 is 2.28 bits per heavy atom. The van der Waals surface area contributed by atoms with Crippen LogP contribution in [0.2, 0.25) is 0 Å². The van der Waals surface area contributed by atoms with E-state index in [4.69, 9.17) is 4.74 Å². The molecule has 98 valence electrons. The highest BCUT2D eigenvalue weighted by Gasteiger charge is 2.02. The van der Waals surface area contributed by atoms with Gasteiger partial charge in [-0.3, -0.25) is 4.90 Å². The Morgan fingerprint density at radius 2 is 1.78 bits per heavy atom. The molecule has 1 aromatic carbocycles. The summed E-state index contributed by atoms with van der Waals surface area (Å²) in [5.74, 6) is -0.387. The average molecular weight is 247 g/mol. The Bertz CT molecular complexity index is 380. The molecule has 0 N–H and O–H groups in total. The molecule has 18 heavy (non-hydrogen) atoms. The quantitative estimate of drug-likeness (QED) is 0.548. The number of ether oxygens (including phenoxy) is 1. The van der Waals surface area contributed by atoms with Crippen molar-refractivity contribution in [2.45, 2.75) is 27.0 Å². The van der Waals surface area contributed by atoms with Crippen LogP contribution in [0.1, 0.15) is 25.0 Å². The molecule has 0 radical (unpaired) electrons. The monoisotopic (exact) mass is 247 g/mol. The van der Waals surface area contributed by atoms with Crippen molar-refractivity contribution < 1.29 is 9.53 Å². The predicted octanol–water partition coefficient (Wildman–Crippen LogP) is 2.76. The van der Waals surface area contributed by atoms with Gasteiger partial charge < -0.3 is 4.74 Å². The minimum atomic E-state index is -0.387. The molecule has 3 nitrogen and oxygen atoms in total. The van der Waals surface area contributed by atoms with Crippen LogP contribution in [-0.2, 0) is 22.7 Å². The van der Waals surface area contributed by atoms with E-state index in [0.717, 1.165) is 25.2 Å². The van der Waals surface area contributed by atoms with Gasteiger partial charge in [-0.05, 0) is 24.2 Å². The van der Waals surface area contributed by atoms with Gasteiger partial charge in [-0.15, -0.1) is 0 Å². The van der Waals surface area contributed by atoms with Gasteiger partial charge in [0.05, 0.1) is 0 Å². The third kappa shape index (κ3) is 4.72. The number of hydrogen-bond acceptors (Lipinski definition) is 3. The minimum Gasteiger partial charge on any atom is -0.458 e. The van der Waals surface area contributed by atoms with Crippen LogP contribution in [0.5, 0.6) is 0 Å². The zero-order chi connectivity index (χ0) is 13.4. The van der Waals surface area contributed by atoms with Crippen LogP contribution in [0.3, 0.4) is 0 Å². The average Bonchev–Trinajstić information content (AvgIpc) is 2.43. The molecule has 0 aliphatic rings. The summed E-state index contributed by atoms with van der Waals surface area (Å²) in [5.41, 5.74) is 2.27. The van der Waals surface area contributed by atoms with E-state index in [2.05, 4.69) is 37.5 Å². The highest BCUT2D eigenvalue weighted by molar-refractivity contribution is 5.81. The summed E-state index contributed by atoms with van der Waals surface area (Å²) in [6, 6.07) is 8.15. The van der Waals surface area contributed by atoms with E-state index >= 15 is 0 Å². The van der Waals surface area contributed by atoms with Crippen LogP contribution in [0.15, 0.2) is 36.9 Å². The highest BCUT2D eigenvalue weighted by atomic mass is 16.5. The lowest BCUT2D eigenvalue weighted by molar-refractivity contribution is -0.138. The SMILES string of the molecule is C=CC(=O)OCc1ccc(CN(CC)CC)cc1. The third-order valence-corrected chi connectivity index (χ3v) is 2.87. The van der Waals surface area contributed by atoms with Gasteiger partial charge in [-0.25, -0.2) is 4.79 Å². The molecule has 0 fully saturated rings. The molecule has 0 spiro atoms. The normalized spacial score (nSPS) is 10.4. The molecule has 0 aliphatic heterocycles. The maximum Gasteiger partial charge on any atom is 0.330 e. The van der Waals surface area contributed by atoms with Gasteiger partial charge >= 0.3 is 5.97 Å². The number of hydrogen-bond donors (Lipinski definition) is 0. The van der Waals surface area contributed by atoms with Crippen molar-refractivity contribution >= 4 is 5.97 Å². The predicted molar refractivity (Wildman–Crippen MR) is 73.1 cm³/mol. The van der Waals surface area contributed by atoms with Gasteiger partial charge in [0.15, 0.2) is 0 Å². The molecule has 0 amide bonds. The summed E-state index contributed by atoms with van der Waals surface area (Å²) in [7, 11) is 0. The molecular weight excluding hydrogens is 226 g/mol. The van der Waals surface area contributed by atoms with Crippen molar-refractivity contribution in [2.75, 3.05) is 13.1 Å². The Labute approximate surface area is 109 Å². The zero-order valence-corrected chi connectivity index (χ0v) is 11.2. The smallest absolute Gasteiger partial charge is 0.330 e. The first-order valence-electron chi connectivity index (χ1n) is 6.29. The van der Waals surface area contributed by atoms with Crippen LogP contribution in [0.25, 0.3) is 0 Å². The zero-order valence-electron chi connectivity index (χ0n) is 11.2. The largest absolute Gasteiger partial charge is 0.458 e. The summed E-state index contributed by atoms with van der Waals surface area (Å²) < 4.78 is 4.97. The Balaban J connectivity index is 2.51. The lowest BCUT2D eigenvalue weighted by Gasteiger charge is -2.18. The van der Waals surface area contributed by atoms with Crippen LogP contribution >= 0.6 is 0 Å². The van der Waals surface area contributed by atoms with E-state index < -0.39 is 0 Å². The summed E-state index contributed by atoms with van der Waals surface area (Å²) in [6.07, 6.45) is 1.18. The van der Waals surface area contributed by atoms with E-state index in [1.165, 1.54) is 11.6 Å². The van der Waals surface area contributed by atoms with Crippen molar-refractivity contribution in [1.82, 2.24) is 4.90 Å². The van der Waals surface area contributed by atoms with Crippen molar-refractivity contribution in [3.05, 3.63) is 48.0 Å². The fourth-order valence-electron chi connectivity index (χ4n) is 1.66. The van der Waals surface area contributed by atoms with Gasteiger partial charge in [0.2, 0.25) is 0 Å². The molecule has 3 heteroatoms. The number of carbonyl (C=O) groups excluding carboxylic acids is 1. The summed E-state index contributed by atoms with van der Waals surface area (Å²) in [6.45, 7) is 11.0. The second-order valence-corrected chi connectivity index (χ2v) is 4.09.